The highest BCUT2D eigenvalue weighted by atomic mass is 127. The molecule has 0 fully saturated rings. The van der Waals surface area contributed by atoms with Crippen molar-refractivity contribution >= 4 is 84.0 Å². The van der Waals surface area contributed by atoms with Crippen molar-refractivity contribution < 1.29 is 19.0 Å². The second-order valence-electron chi connectivity index (χ2n) is 6.91. The molecular formula is C24H15Br2ClINO4. The first-order valence-corrected chi connectivity index (χ1v) is 12.6. The highest BCUT2D eigenvalue weighted by molar-refractivity contribution is 14.1. The Morgan fingerprint density at radius 2 is 1.97 bits per heavy atom. The number of hydrogen-bond acceptors (Lipinski definition) is 5. The molecule has 0 saturated carbocycles. The smallest absolute Gasteiger partial charge is 0.363 e. The third-order valence-corrected chi connectivity index (χ3v) is 6.69. The minimum absolute atomic E-state index is 0.164. The SMILES string of the molecule is COc1cc(/C=C2\N=C(c3cc(I)ccc3Cl)OC2=O)cc(Br)c1OCc1cccc(Br)c1. The van der Waals surface area contributed by atoms with Crippen LogP contribution in [-0.2, 0) is 16.1 Å². The van der Waals surface area contributed by atoms with Crippen molar-refractivity contribution in [2.24, 2.45) is 4.99 Å². The number of rotatable bonds is 6. The molecule has 0 amide bonds. The molecule has 0 atom stereocenters. The van der Waals surface area contributed by atoms with Crippen LogP contribution >= 0.6 is 66.1 Å². The lowest BCUT2D eigenvalue weighted by atomic mass is 10.1. The lowest BCUT2D eigenvalue weighted by Crippen LogP contribution is -2.06. The van der Waals surface area contributed by atoms with E-state index in [-0.39, 0.29) is 11.6 Å². The zero-order chi connectivity index (χ0) is 23.5. The number of carbonyl (C=O) groups excluding carboxylic acids is 1. The maximum absolute atomic E-state index is 12.4. The monoisotopic (exact) mass is 701 g/mol. The van der Waals surface area contributed by atoms with Crippen molar-refractivity contribution in [2.45, 2.75) is 6.61 Å². The minimum Gasteiger partial charge on any atom is -0.493 e. The van der Waals surface area contributed by atoms with Crippen LogP contribution in [-0.4, -0.2) is 19.0 Å². The van der Waals surface area contributed by atoms with Crippen LogP contribution in [0.1, 0.15) is 16.7 Å². The molecule has 5 nitrogen and oxygen atoms in total. The molecule has 1 aliphatic heterocycles. The summed E-state index contributed by atoms with van der Waals surface area (Å²) in [6, 6.07) is 16.9. The summed E-state index contributed by atoms with van der Waals surface area (Å²) < 4.78 is 19.5. The molecule has 1 aliphatic rings. The average molecular weight is 704 g/mol. The number of carbonyl (C=O) groups is 1. The lowest BCUT2D eigenvalue weighted by molar-refractivity contribution is -0.129. The van der Waals surface area contributed by atoms with E-state index in [1.54, 1.807) is 25.3 Å². The number of methoxy groups -OCH3 is 1. The fourth-order valence-electron chi connectivity index (χ4n) is 3.09. The van der Waals surface area contributed by atoms with Gasteiger partial charge in [-0.2, -0.15) is 0 Å². The van der Waals surface area contributed by atoms with Gasteiger partial charge in [0.1, 0.15) is 6.61 Å². The number of aliphatic imine (C=N–C) groups is 1. The first kappa shape index (κ1) is 24.3. The Labute approximate surface area is 226 Å². The van der Waals surface area contributed by atoms with Crippen LogP contribution in [0.15, 0.2) is 74.2 Å². The van der Waals surface area contributed by atoms with Crippen molar-refractivity contribution in [3.8, 4) is 11.5 Å². The van der Waals surface area contributed by atoms with Crippen molar-refractivity contribution in [1.29, 1.82) is 0 Å². The highest BCUT2D eigenvalue weighted by Crippen LogP contribution is 2.38. The van der Waals surface area contributed by atoms with Crippen molar-refractivity contribution in [3.63, 3.8) is 0 Å². The van der Waals surface area contributed by atoms with Gasteiger partial charge in [-0.1, -0.05) is 39.7 Å². The zero-order valence-electron chi connectivity index (χ0n) is 17.1. The number of nitrogens with zero attached hydrogens (tertiary/aromatic N) is 1. The van der Waals surface area contributed by atoms with E-state index < -0.39 is 5.97 Å². The minimum atomic E-state index is -0.551. The standard InChI is InChI=1S/C24H15Br2ClINO4/c1-31-21-10-14(8-18(26)22(21)32-12-13-3-2-4-15(25)7-13)9-20-24(30)33-23(29-20)17-11-16(28)5-6-19(17)27/h2-11H,12H2,1H3/b20-9-. The number of ether oxygens (including phenoxy) is 3. The molecule has 0 aliphatic carbocycles. The van der Waals surface area contributed by atoms with Gasteiger partial charge in [0.2, 0.25) is 5.90 Å². The maximum atomic E-state index is 12.4. The van der Waals surface area contributed by atoms with E-state index in [1.807, 2.05) is 42.5 Å². The van der Waals surface area contributed by atoms with Gasteiger partial charge in [-0.3, -0.25) is 0 Å². The molecule has 9 heteroatoms. The topological polar surface area (TPSA) is 57.1 Å². The predicted octanol–water partition coefficient (Wildman–Crippen LogP) is 7.40. The summed E-state index contributed by atoms with van der Waals surface area (Å²) in [6.07, 6.45) is 1.63. The molecule has 168 valence electrons. The van der Waals surface area contributed by atoms with E-state index in [0.717, 1.165) is 13.6 Å². The largest absolute Gasteiger partial charge is 0.493 e. The second-order valence-corrected chi connectivity index (χ2v) is 10.3. The van der Waals surface area contributed by atoms with Crippen LogP contribution in [0.3, 0.4) is 0 Å². The van der Waals surface area contributed by atoms with Gasteiger partial charge < -0.3 is 14.2 Å². The molecule has 33 heavy (non-hydrogen) atoms. The third-order valence-electron chi connectivity index (χ3n) is 4.61. The molecule has 4 rings (SSSR count). The van der Waals surface area contributed by atoms with Gasteiger partial charge in [-0.15, -0.1) is 0 Å². The van der Waals surface area contributed by atoms with Crippen LogP contribution in [0.25, 0.3) is 6.08 Å². The molecule has 0 spiro atoms. The van der Waals surface area contributed by atoms with Crippen LogP contribution in [0.2, 0.25) is 5.02 Å². The summed E-state index contributed by atoms with van der Waals surface area (Å²) >= 11 is 15.4. The lowest BCUT2D eigenvalue weighted by Gasteiger charge is -2.14. The second kappa shape index (κ2) is 10.6. The third kappa shape index (κ3) is 5.79. The summed E-state index contributed by atoms with van der Waals surface area (Å²) in [5, 5.41) is 0.458. The van der Waals surface area contributed by atoms with Crippen molar-refractivity contribution in [1.82, 2.24) is 0 Å². The summed E-state index contributed by atoms with van der Waals surface area (Å²) in [6.45, 7) is 0.367. The molecule has 0 saturated heterocycles. The number of hydrogen-bond donors (Lipinski definition) is 0. The van der Waals surface area contributed by atoms with E-state index in [2.05, 4.69) is 59.4 Å². The van der Waals surface area contributed by atoms with Crippen LogP contribution in [0, 0.1) is 3.57 Å². The molecule has 0 unspecified atom stereocenters. The van der Waals surface area contributed by atoms with E-state index >= 15 is 0 Å². The molecule has 3 aromatic rings. The first-order valence-electron chi connectivity index (χ1n) is 9.57. The van der Waals surface area contributed by atoms with Gasteiger partial charge in [0.15, 0.2) is 17.2 Å². The zero-order valence-corrected chi connectivity index (χ0v) is 23.2. The van der Waals surface area contributed by atoms with Gasteiger partial charge in [0.05, 0.1) is 22.2 Å². The molecular weight excluding hydrogens is 688 g/mol. The Bertz CT molecular complexity index is 1310. The van der Waals surface area contributed by atoms with E-state index in [9.17, 15) is 4.79 Å². The first-order chi connectivity index (χ1) is 15.8. The molecule has 1 heterocycles. The average Bonchev–Trinajstić information content (AvgIpc) is 3.14. The van der Waals surface area contributed by atoms with E-state index in [4.69, 9.17) is 25.8 Å². The van der Waals surface area contributed by atoms with Crippen molar-refractivity contribution in [3.05, 3.63) is 94.5 Å². The summed E-state index contributed by atoms with van der Waals surface area (Å²) in [7, 11) is 1.56. The maximum Gasteiger partial charge on any atom is 0.363 e. The van der Waals surface area contributed by atoms with Gasteiger partial charge in [0, 0.05) is 8.04 Å². The molecule has 0 radical (unpaired) electrons. The van der Waals surface area contributed by atoms with Gasteiger partial charge in [0.25, 0.3) is 0 Å². The Morgan fingerprint density at radius 3 is 2.73 bits per heavy atom. The van der Waals surface area contributed by atoms with Gasteiger partial charge in [-0.05, 0) is 98.2 Å². The molecule has 0 N–H and O–H groups in total. The Hall–Kier alpha value is -1.88. The number of halogens is 4. The fourth-order valence-corrected chi connectivity index (χ4v) is 4.80. The molecule has 0 bridgehead atoms. The quantitative estimate of drug-likeness (QED) is 0.153. The predicted molar refractivity (Wildman–Crippen MR) is 144 cm³/mol. The van der Waals surface area contributed by atoms with Crippen molar-refractivity contribution in [2.75, 3.05) is 7.11 Å². The van der Waals surface area contributed by atoms with Gasteiger partial charge in [-0.25, -0.2) is 9.79 Å². The number of benzene rings is 3. The van der Waals surface area contributed by atoms with Crippen LogP contribution < -0.4 is 9.47 Å². The molecule has 0 aromatic heterocycles. The number of esters is 1. The van der Waals surface area contributed by atoms with E-state index in [0.29, 0.717) is 38.7 Å². The normalized spacial score (nSPS) is 14.3. The Morgan fingerprint density at radius 1 is 1.15 bits per heavy atom. The summed E-state index contributed by atoms with van der Waals surface area (Å²) in [5.74, 6) is 0.700. The van der Waals surface area contributed by atoms with Crippen LogP contribution in [0.4, 0.5) is 0 Å². The van der Waals surface area contributed by atoms with Crippen LogP contribution in [0.5, 0.6) is 11.5 Å². The summed E-state index contributed by atoms with van der Waals surface area (Å²) in [5.41, 5.74) is 2.43. The molecule has 3 aromatic carbocycles. The highest BCUT2D eigenvalue weighted by Gasteiger charge is 2.26. The van der Waals surface area contributed by atoms with E-state index in [1.165, 1.54) is 0 Å². The number of cyclic esters (lactones) is 1. The Kier molecular flexibility index (Phi) is 7.78. The Balaban J connectivity index is 1.61. The summed E-state index contributed by atoms with van der Waals surface area (Å²) in [4.78, 5) is 16.8. The van der Waals surface area contributed by atoms with Gasteiger partial charge >= 0.3 is 5.97 Å². The fraction of sp³-hybridized carbons (Fsp3) is 0.0833.